The smallest absolute Gasteiger partial charge is 0.122 e. The lowest BCUT2D eigenvalue weighted by Gasteiger charge is -2.10. The molecule has 0 radical (unpaired) electrons. The summed E-state index contributed by atoms with van der Waals surface area (Å²) < 4.78 is 11.0. The Labute approximate surface area is 113 Å². The molecule has 0 saturated heterocycles. The fraction of sp³-hybridized carbons (Fsp3) is 0.250. The van der Waals surface area contributed by atoms with E-state index in [1.165, 1.54) is 5.56 Å². The van der Waals surface area contributed by atoms with E-state index in [2.05, 4.69) is 13.0 Å². The van der Waals surface area contributed by atoms with Crippen LogP contribution in [-0.2, 0) is 13.0 Å². The Morgan fingerprint density at radius 1 is 1.05 bits per heavy atom. The maximum absolute atomic E-state index is 9.20. The molecule has 0 amide bonds. The molecule has 0 aliphatic carbocycles. The minimum Gasteiger partial charge on any atom is -0.508 e. The molecule has 2 aromatic carbocycles. The highest BCUT2D eigenvalue weighted by molar-refractivity contribution is 5.37. The number of aryl methyl sites for hydroxylation is 1. The summed E-state index contributed by atoms with van der Waals surface area (Å²) in [4.78, 5) is 0. The highest BCUT2D eigenvalue weighted by atomic mass is 16.5. The number of phenols is 1. The molecule has 0 aliphatic rings. The molecule has 0 bridgehead atoms. The summed E-state index contributed by atoms with van der Waals surface area (Å²) >= 11 is 0. The molecule has 2 aromatic rings. The highest BCUT2D eigenvalue weighted by Gasteiger charge is 2.03. The number of phenolic OH excluding ortho intramolecular Hbond substituents is 1. The molecular formula is C16H18O3. The zero-order chi connectivity index (χ0) is 13.7. The van der Waals surface area contributed by atoms with Crippen molar-refractivity contribution in [3.05, 3.63) is 53.6 Å². The van der Waals surface area contributed by atoms with Crippen LogP contribution in [0.5, 0.6) is 17.2 Å². The molecule has 19 heavy (non-hydrogen) atoms. The van der Waals surface area contributed by atoms with Crippen LogP contribution in [0.2, 0.25) is 0 Å². The minimum atomic E-state index is 0.241. The maximum atomic E-state index is 9.20. The van der Waals surface area contributed by atoms with Gasteiger partial charge >= 0.3 is 0 Å². The Kier molecular flexibility index (Phi) is 4.29. The molecule has 1 N–H and O–H groups in total. The van der Waals surface area contributed by atoms with Gasteiger partial charge < -0.3 is 14.6 Å². The normalized spacial score (nSPS) is 10.2. The lowest BCUT2D eigenvalue weighted by Crippen LogP contribution is -1.98. The maximum Gasteiger partial charge on any atom is 0.122 e. The first-order valence-electron chi connectivity index (χ1n) is 6.30. The standard InChI is InChI=1S/C16H18O3/c1-3-13-10-12(4-9-16(13)18-2)11-19-15-7-5-14(17)6-8-15/h4-10,17H,3,11H2,1-2H3. The second-order valence-electron chi connectivity index (χ2n) is 4.28. The largest absolute Gasteiger partial charge is 0.508 e. The van der Waals surface area contributed by atoms with E-state index >= 15 is 0 Å². The van der Waals surface area contributed by atoms with E-state index in [0.29, 0.717) is 6.61 Å². The summed E-state index contributed by atoms with van der Waals surface area (Å²) in [5.74, 6) is 1.90. The number of rotatable bonds is 5. The first kappa shape index (κ1) is 13.3. The van der Waals surface area contributed by atoms with Gasteiger partial charge in [-0.2, -0.15) is 0 Å². The van der Waals surface area contributed by atoms with Crippen LogP contribution in [0.15, 0.2) is 42.5 Å². The number of methoxy groups -OCH3 is 1. The number of hydrogen-bond donors (Lipinski definition) is 1. The van der Waals surface area contributed by atoms with Crippen molar-refractivity contribution in [3.8, 4) is 17.2 Å². The molecular weight excluding hydrogens is 240 g/mol. The number of hydrogen-bond acceptors (Lipinski definition) is 3. The fourth-order valence-electron chi connectivity index (χ4n) is 1.91. The Bertz CT molecular complexity index is 532. The predicted molar refractivity (Wildman–Crippen MR) is 74.8 cm³/mol. The molecule has 0 aromatic heterocycles. The van der Waals surface area contributed by atoms with Crippen LogP contribution in [0.4, 0.5) is 0 Å². The van der Waals surface area contributed by atoms with Crippen molar-refractivity contribution < 1.29 is 14.6 Å². The van der Waals surface area contributed by atoms with Crippen molar-refractivity contribution >= 4 is 0 Å². The number of aromatic hydroxyl groups is 1. The third-order valence-electron chi connectivity index (χ3n) is 2.97. The van der Waals surface area contributed by atoms with E-state index in [1.807, 2.05) is 12.1 Å². The Morgan fingerprint density at radius 3 is 2.42 bits per heavy atom. The van der Waals surface area contributed by atoms with Gasteiger partial charge in [-0.1, -0.05) is 13.0 Å². The third kappa shape index (κ3) is 3.41. The first-order chi connectivity index (χ1) is 9.22. The zero-order valence-corrected chi connectivity index (χ0v) is 11.2. The van der Waals surface area contributed by atoms with Gasteiger partial charge in [-0.25, -0.2) is 0 Å². The van der Waals surface area contributed by atoms with Crippen molar-refractivity contribution in [3.63, 3.8) is 0 Å². The lowest BCUT2D eigenvalue weighted by molar-refractivity contribution is 0.305. The van der Waals surface area contributed by atoms with Gasteiger partial charge in [-0.15, -0.1) is 0 Å². The average Bonchev–Trinajstić information content (AvgIpc) is 2.46. The Hall–Kier alpha value is -2.16. The molecule has 3 heteroatoms. The van der Waals surface area contributed by atoms with Gasteiger partial charge in [0.2, 0.25) is 0 Å². The van der Waals surface area contributed by atoms with Crippen molar-refractivity contribution in [2.75, 3.05) is 7.11 Å². The van der Waals surface area contributed by atoms with Crippen molar-refractivity contribution in [2.24, 2.45) is 0 Å². The summed E-state index contributed by atoms with van der Waals surface area (Å²) in [6.07, 6.45) is 0.927. The molecule has 0 unspecified atom stereocenters. The monoisotopic (exact) mass is 258 g/mol. The van der Waals surface area contributed by atoms with Crippen LogP contribution < -0.4 is 9.47 Å². The van der Waals surface area contributed by atoms with Gasteiger partial charge in [-0.3, -0.25) is 0 Å². The molecule has 3 nitrogen and oxygen atoms in total. The van der Waals surface area contributed by atoms with Gasteiger partial charge in [0.25, 0.3) is 0 Å². The predicted octanol–water partition coefficient (Wildman–Crippen LogP) is 3.54. The highest BCUT2D eigenvalue weighted by Crippen LogP contribution is 2.22. The van der Waals surface area contributed by atoms with Gasteiger partial charge in [0, 0.05) is 0 Å². The zero-order valence-electron chi connectivity index (χ0n) is 11.2. The minimum absolute atomic E-state index is 0.241. The van der Waals surface area contributed by atoms with E-state index < -0.39 is 0 Å². The van der Waals surface area contributed by atoms with Crippen molar-refractivity contribution in [1.82, 2.24) is 0 Å². The fourth-order valence-corrected chi connectivity index (χ4v) is 1.91. The van der Waals surface area contributed by atoms with Crippen LogP contribution in [-0.4, -0.2) is 12.2 Å². The van der Waals surface area contributed by atoms with Crippen molar-refractivity contribution in [2.45, 2.75) is 20.0 Å². The molecule has 0 aliphatic heterocycles. The van der Waals surface area contributed by atoms with Gasteiger partial charge in [0.05, 0.1) is 7.11 Å². The second-order valence-corrected chi connectivity index (χ2v) is 4.28. The topological polar surface area (TPSA) is 38.7 Å². The molecule has 0 fully saturated rings. The van der Waals surface area contributed by atoms with E-state index in [0.717, 1.165) is 23.5 Å². The van der Waals surface area contributed by atoms with Crippen LogP contribution in [0.25, 0.3) is 0 Å². The SMILES string of the molecule is CCc1cc(COc2ccc(O)cc2)ccc1OC. The van der Waals surface area contributed by atoms with Gasteiger partial charge in [0.15, 0.2) is 0 Å². The van der Waals surface area contributed by atoms with Gasteiger partial charge in [-0.05, 0) is 53.9 Å². The second kappa shape index (κ2) is 6.14. The molecule has 0 atom stereocenters. The summed E-state index contributed by atoms with van der Waals surface area (Å²) in [7, 11) is 1.68. The Balaban J connectivity index is 2.05. The van der Waals surface area contributed by atoms with Crippen molar-refractivity contribution in [1.29, 1.82) is 0 Å². The van der Waals surface area contributed by atoms with Crippen LogP contribution in [0, 0.1) is 0 Å². The summed E-state index contributed by atoms with van der Waals surface area (Å²) in [6, 6.07) is 12.8. The first-order valence-corrected chi connectivity index (χ1v) is 6.30. The van der Waals surface area contributed by atoms with E-state index in [4.69, 9.17) is 9.47 Å². The quantitative estimate of drug-likeness (QED) is 0.891. The van der Waals surface area contributed by atoms with E-state index in [-0.39, 0.29) is 5.75 Å². The molecule has 0 heterocycles. The number of benzene rings is 2. The molecule has 0 spiro atoms. The van der Waals surface area contributed by atoms with E-state index in [1.54, 1.807) is 31.4 Å². The van der Waals surface area contributed by atoms with Crippen LogP contribution >= 0.6 is 0 Å². The molecule has 100 valence electrons. The Morgan fingerprint density at radius 2 is 1.79 bits per heavy atom. The number of ether oxygens (including phenoxy) is 2. The van der Waals surface area contributed by atoms with E-state index in [9.17, 15) is 5.11 Å². The molecule has 2 rings (SSSR count). The van der Waals surface area contributed by atoms with Crippen LogP contribution in [0.3, 0.4) is 0 Å². The average molecular weight is 258 g/mol. The molecule has 0 saturated carbocycles. The summed E-state index contributed by atoms with van der Waals surface area (Å²) in [6.45, 7) is 2.60. The van der Waals surface area contributed by atoms with Crippen LogP contribution in [0.1, 0.15) is 18.1 Å². The summed E-state index contributed by atoms with van der Waals surface area (Å²) in [5, 5.41) is 9.20. The lowest BCUT2D eigenvalue weighted by atomic mass is 10.1. The summed E-state index contributed by atoms with van der Waals surface area (Å²) in [5.41, 5.74) is 2.28. The van der Waals surface area contributed by atoms with Gasteiger partial charge in [0.1, 0.15) is 23.9 Å². The third-order valence-corrected chi connectivity index (χ3v) is 2.97.